The fourth-order valence-corrected chi connectivity index (χ4v) is 9.14. The summed E-state index contributed by atoms with van der Waals surface area (Å²) in [5.41, 5.74) is 21.2. The number of aromatic nitrogens is 2. The van der Waals surface area contributed by atoms with E-state index in [2.05, 4.69) is 150 Å². The van der Waals surface area contributed by atoms with Crippen molar-refractivity contribution < 1.29 is 0 Å². The molecule has 1 aromatic heterocycles. The van der Waals surface area contributed by atoms with Crippen molar-refractivity contribution in [2.75, 3.05) is 5.73 Å². The Morgan fingerprint density at radius 1 is 0.500 bits per heavy atom. The summed E-state index contributed by atoms with van der Waals surface area (Å²) in [6.07, 6.45) is 0. The Hall–Kier alpha value is -5.84. The molecule has 1 unspecified atom stereocenters. The maximum absolute atomic E-state index is 6.53. The van der Waals surface area contributed by atoms with Gasteiger partial charge in [0, 0.05) is 26.7 Å². The van der Waals surface area contributed by atoms with Crippen LogP contribution in [-0.4, -0.2) is 9.55 Å². The van der Waals surface area contributed by atoms with Gasteiger partial charge in [0.1, 0.15) is 5.82 Å². The molecule has 0 saturated heterocycles. The summed E-state index contributed by atoms with van der Waals surface area (Å²) in [5, 5.41) is 0. The zero-order valence-electron chi connectivity index (χ0n) is 26.0. The Bertz CT molecular complexity index is 2550. The third-order valence-electron chi connectivity index (χ3n) is 10.0. The number of nitrogen functional groups attached to an aromatic ring is 1. The van der Waals surface area contributed by atoms with Gasteiger partial charge in [0.2, 0.25) is 0 Å². The summed E-state index contributed by atoms with van der Waals surface area (Å²) >= 11 is 1.84. The molecule has 2 heterocycles. The lowest BCUT2D eigenvalue weighted by atomic mass is 9.67. The average Bonchev–Trinajstić information content (AvgIpc) is 3.67. The number of imidazole rings is 1. The molecule has 48 heavy (non-hydrogen) atoms. The van der Waals surface area contributed by atoms with Crippen LogP contribution in [0.1, 0.15) is 22.3 Å². The summed E-state index contributed by atoms with van der Waals surface area (Å²) in [4.78, 5) is 7.58. The van der Waals surface area contributed by atoms with E-state index in [1.165, 1.54) is 54.3 Å². The Balaban J connectivity index is 1.16. The molecule has 0 saturated carbocycles. The van der Waals surface area contributed by atoms with Gasteiger partial charge in [-0.15, -0.1) is 0 Å². The fourth-order valence-electron chi connectivity index (χ4n) is 7.97. The van der Waals surface area contributed by atoms with Gasteiger partial charge >= 0.3 is 0 Å². The summed E-state index contributed by atoms with van der Waals surface area (Å²) in [6.45, 7) is 0. The van der Waals surface area contributed by atoms with Gasteiger partial charge in [-0.25, -0.2) is 4.98 Å². The van der Waals surface area contributed by atoms with E-state index in [1.807, 2.05) is 30.0 Å². The van der Waals surface area contributed by atoms with E-state index < -0.39 is 5.41 Å². The first-order valence-electron chi connectivity index (χ1n) is 16.3. The lowest BCUT2D eigenvalue weighted by Gasteiger charge is -2.40. The maximum atomic E-state index is 6.53. The molecular weight excluding hydrogens is 603 g/mol. The van der Waals surface area contributed by atoms with Gasteiger partial charge in [0.05, 0.1) is 16.4 Å². The first-order chi connectivity index (χ1) is 23.7. The predicted molar refractivity (Wildman–Crippen MR) is 198 cm³/mol. The molecule has 0 radical (unpaired) electrons. The standard InChI is InChI=1S/C44H29N3S/c45-31-21-25-42-38(27-31)44(36-14-6-9-17-41(36)48-42)35-13-5-4-12-33(35)34-24-20-30(26-37(34)44)28-18-22-32(23-19-28)47-40-16-8-7-15-39(40)46-43(47)29-10-2-1-3-11-29/h1-27H,45H2. The largest absolute Gasteiger partial charge is 0.399 e. The van der Waals surface area contributed by atoms with Crippen LogP contribution in [0.3, 0.4) is 0 Å². The lowest BCUT2D eigenvalue weighted by molar-refractivity contribution is 0.723. The second kappa shape index (κ2) is 10.3. The molecule has 2 N–H and O–H groups in total. The topological polar surface area (TPSA) is 43.8 Å². The minimum absolute atomic E-state index is 0.464. The van der Waals surface area contributed by atoms with Crippen LogP contribution in [0.5, 0.6) is 0 Å². The number of rotatable bonds is 3. The second-order valence-corrected chi connectivity index (χ2v) is 13.7. The minimum atomic E-state index is -0.464. The van der Waals surface area contributed by atoms with Crippen LogP contribution in [0.15, 0.2) is 174 Å². The average molecular weight is 632 g/mol. The van der Waals surface area contributed by atoms with Gasteiger partial charge in [-0.3, -0.25) is 4.57 Å². The van der Waals surface area contributed by atoms with Crippen LogP contribution in [0, 0.1) is 0 Å². The number of benzene rings is 7. The molecule has 8 aromatic rings. The number of para-hydroxylation sites is 2. The van der Waals surface area contributed by atoms with Crippen molar-refractivity contribution in [1.82, 2.24) is 9.55 Å². The maximum Gasteiger partial charge on any atom is 0.145 e. The zero-order chi connectivity index (χ0) is 31.8. The lowest BCUT2D eigenvalue weighted by Crippen LogP contribution is -2.32. The Kier molecular flexibility index (Phi) is 5.87. The first-order valence-corrected chi connectivity index (χ1v) is 17.1. The van der Waals surface area contributed by atoms with Gasteiger partial charge < -0.3 is 5.73 Å². The van der Waals surface area contributed by atoms with E-state index in [9.17, 15) is 0 Å². The third-order valence-corrected chi connectivity index (χ3v) is 11.2. The Morgan fingerprint density at radius 3 is 2.06 bits per heavy atom. The number of hydrogen-bond acceptors (Lipinski definition) is 3. The van der Waals surface area contributed by atoms with E-state index in [0.29, 0.717) is 0 Å². The van der Waals surface area contributed by atoms with Crippen LogP contribution < -0.4 is 5.73 Å². The van der Waals surface area contributed by atoms with Gasteiger partial charge in [-0.1, -0.05) is 121 Å². The van der Waals surface area contributed by atoms with Crippen LogP contribution in [0.2, 0.25) is 0 Å². The number of hydrogen-bond donors (Lipinski definition) is 1. The number of nitrogens with two attached hydrogens (primary N) is 1. The SMILES string of the molecule is Nc1ccc2c(c1)C1(c3ccccc3S2)c2ccccc2-c2ccc(-c3ccc(-n4c(-c5ccccc5)nc5ccccc54)cc3)cc21. The molecule has 10 rings (SSSR count). The summed E-state index contributed by atoms with van der Waals surface area (Å²) in [7, 11) is 0. The van der Waals surface area contributed by atoms with Gasteiger partial charge in [-0.2, -0.15) is 0 Å². The molecule has 4 heteroatoms. The van der Waals surface area contributed by atoms with Crippen LogP contribution in [0.25, 0.3) is 50.4 Å². The summed E-state index contributed by atoms with van der Waals surface area (Å²) in [6, 6.07) is 58.9. The number of nitrogens with zero attached hydrogens (tertiary/aromatic N) is 2. The molecule has 1 spiro atoms. The quantitative estimate of drug-likeness (QED) is 0.197. The van der Waals surface area contributed by atoms with E-state index in [0.717, 1.165) is 33.8 Å². The summed E-state index contributed by atoms with van der Waals surface area (Å²) in [5.74, 6) is 0.938. The van der Waals surface area contributed by atoms with E-state index >= 15 is 0 Å². The highest BCUT2D eigenvalue weighted by molar-refractivity contribution is 7.99. The van der Waals surface area contributed by atoms with Crippen molar-refractivity contribution in [3.05, 3.63) is 186 Å². The predicted octanol–water partition coefficient (Wildman–Crippen LogP) is 10.8. The second-order valence-electron chi connectivity index (χ2n) is 12.6. The van der Waals surface area contributed by atoms with Crippen LogP contribution in [-0.2, 0) is 5.41 Å². The molecule has 1 aliphatic carbocycles. The van der Waals surface area contributed by atoms with Crippen molar-refractivity contribution in [3.8, 4) is 39.3 Å². The smallest absolute Gasteiger partial charge is 0.145 e. The Labute approximate surface area is 283 Å². The molecule has 1 atom stereocenters. The molecule has 3 nitrogen and oxygen atoms in total. The minimum Gasteiger partial charge on any atom is -0.399 e. The van der Waals surface area contributed by atoms with Gasteiger partial charge in [0.15, 0.2) is 0 Å². The van der Waals surface area contributed by atoms with Gasteiger partial charge in [-0.05, 0) is 99.1 Å². The molecule has 226 valence electrons. The van der Waals surface area contributed by atoms with E-state index in [4.69, 9.17) is 10.7 Å². The normalized spacial score (nSPS) is 15.6. The molecule has 2 aliphatic rings. The van der Waals surface area contributed by atoms with Crippen molar-refractivity contribution in [2.45, 2.75) is 15.2 Å². The molecule has 7 aromatic carbocycles. The highest BCUT2D eigenvalue weighted by Gasteiger charge is 2.50. The van der Waals surface area contributed by atoms with Crippen molar-refractivity contribution in [3.63, 3.8) is 0 Å². The third kappa shape index (κ3) is 3.81. The summed E-state index contributed by atoms with van der Waals surface area (Å²) < 4.78 is 2.26. The monoisotopic (exact) mass is 631 g/mol. The van der Waals surface area contributed by atoms with E-state index in [1.54, 1.807) is 0 Å². The van der Waals surface area contributed by atoms with Crippen LogP contribution >= 0.6 is 11.8 Å². The highest BCUT2D eigenvalue weighted by Crippen LogP contribution is 2.62. The van der Waals surface area contributed by atoms with Crippen molar-refractivity contribution >= 4 is 28.5 Å². The van der Waals surface area contributed by atoms with Crippen molar-refractivity contribution in [1.29, 1.82) is 0 Å². The number of anilines is 1. The number of fused-ring (bicyclic) bond motifs is 10. The molecular formula is C44H29N3S. The molecule has 1 aliphatic heterocycles. The zero-order valence-corrected chi connectivity index (χ0v) is 26.8. The first kappa shape index (κ1) is 27.3. The Morgan fingerprint density at radius 2 is 1.19 bits per heavy atom. The molecule has 0 bridgehead atoms. The molecule has 0 amide bonds. The highest BCUT2D eigenvalue weighted by atomic mass is 32.2. The van der Waals surface area contributed by atoms with Crippen molar-refractivity contribution in [2.24, 2.45) is 0 Å². The van der Waals surface area contributed by atoms with Gasteiger partial charge in [0.25, 0.3) is 0 Å². The van der Waals surface area contributed by atoms with E-state index in [-0.39, 0.29) is 0 Å². The fraction of sp³-hybridized carbons (Fsp3) is 0.0227. The van der Waals surface area contributed by atoms with Crippen LogP contribution in [0.4, 0.5) is 5.69 Å². The molecule has 0 fully saturated rings.